The maximum Gasteiger partial charge on any atom is 0.272 e. The van der Waals surface area contributed by atoms with Crippen molar-refractivity contribution in [3.05, 3.63) is 107 Å². The minimum absolute atomic E-state index is 0.0145. The highest BCUT2D eigenvalue weighted by Gasteiger charge is 2.26. The van der Waals surface area contributed by atoms with Crippen molar-refractivity contribution in [2.24, 2.45) is 0 Å². The van der Waals surface area contributed by atoms with Crippen molar-refractivity contribution in [2.45, 2.75) is 19.9 Å². The summed E-state index contributed by atoms with van der Waals surface area (Å²) in [4.78, 5) is 15.5. The van der Waals surface area contributed by atoms with Gasteiger partial charge in [0.05, 0.1) is 11.4 Å². The largest absolute Gasteiger partial charge is 0.333 e. The summed E-state index contributed by atoms with van der Waals surface area (Å²) in [6, 6.07) is 28.4. The zero-order valence-electron chi connectivity index (χ0n) is 17.0. The summed E-state index contributed by atoms with van der Waals surface area (Å²) in [5.74, 6) is 0.0145. The van der Waals surface area contributed by atoms with E-state index in [4.69, 9.17) is 5.10 Å². The molecular formula is C26H23N3O. The first-order valence-electron chi connectivity index (χ1n) is 10.3. The maximum atomic E-state index is 13.6. The van der Waals surface area contributed by atoms with Gasteiger partial charge in [-0.05, 0) is 48.2 Å². The van der Waals surface area contributed by atoms with Crippen LogP contribution in [0, 0.1) is 6.92 Å². The molecule has 0 atom stereocenters. The van der Waals surface area contributed by atoms with Crippen molar-refractivity contribution in [3.63, 3.8) is 0 Å². The molecule has 5 rings (SSSR count). The molecule has 1 aliphatic rings. The normalized spacial score (nSPS) is 13.2. The van der Waals surface area contributed by atoms with Crippen LogP contribution in [0.15, 0.2) is 84.9 Å². The van der Waals surface area contributed by atoms with E-state index >= 15 is 0 Å². The predicted molar refractivity (Wildman–Crippen MR) is 119 cm³/mol. The molecule has 0 spiro atoms. The van der Waals surface area contributed by atoms with E-state index in [-0.39, 0.29) is 5.91 Å². The van der Waals surface area contributed by atoms with Gasteiger partial charge in [-0.15, -0.1) is 0 Å². The Morgan fingerprint density at radius 3 is 2.43 bits per heavy atom. The third-order valence-corrected chi connectivity index (χ3v) is 5.66. The molecule has 1 amide bonds. The number of aryl methyl sites for hydroxylation is 1. The van der Waals surface area contributed by atoms with Gasteiger partial charge in [-0.1, -0.05) is 66.7 Å². The monoisotopic (exact) mass is 393 g/mol. The number of carbonyl (C=O) groups is 1. The number of benzene rings is 3. The number of carbonyl (C=O) groups excluding carboxylic acids is 1. The van der Waals surface area contributed by atoms with E-state index in [1.54, 1.807) is 4.68 Å². The van der Waals surface area contributed by atoms with Gasteiger partial charge in [0.15, 0.2) is 0 Å². The van der Waals surface area contributed by atoms with Gasteiger partial charge in [-0.3, -0.25) is 4.79 Å². The van der Waals surface area contributed by atoms with Crippen LogP contribution < -0.4 is 0 Å². The second kappa shape index (κ2) is 7.64. The molecule has 0 saturated heterocycles. The lowest BCUT2D eigenvalue weighted by Gasteiger charge is -2.29. The first-order valence-corrected chi connectivity index (χ1v) is 10.3. The number of rotatable bonds is 3. The van der Waals surface area contributed by atoms with Crippen molar-refractivity contribution in [2.75, 3.05) is 6.54 Å². The Hall–Kier alpha value is -3.66. The lowest BCUT2D eigenvalue weighted by atomic mass is 9.99. The first kappa shape index (κ1) is 18.4. The third-order valence-electron chi connectivity index (χ3n) is 5.66. The van der Waals surface area contributed by atoms with Gasteiger partial charge in [0.2, 0.25) is 0 Å². The highest BCUT2D eigenvalue weighted by Crippen LogP contribution is 2.25. The SMILES string of the molecule is Cc1cccc(-n2nc(-c3ccccc3)cc2C(=O)N2CCc3ccccc3C2)c1. The van der Waals surface area contributed by atoms with Crippen molar-refractivity contribution < 1.29 is 4.79 Å². The number of nitrogens with zero attached hydrogens (tertiary/aromatic N) is 3. The predicted octanol–water partition coefficient (Wildman–Crippen LogP) is 5.05. The Morgan fingerprint density at radius 1 is 0.867 bits per heavy atom. The van der Waals surface area contributed by atoms with Crippen LogP contribution in [0.3, 0.4) is 0 Å². The van der Waals surface area contributed by atoms with E-state index in [1.165, 1.54) is 11.1 Å². The molecule has 0 radical (unpaired) electrons. The van der Waals surface area contributed by atoms with E-state index in [2.05, 4.69) is 24.3 Å². The Morgan fingerprint density at radius 2 is 1.63 bits per heavy atom. The van der Waals surface area contributed by atoms with E-state index in [0.29, 0.717) is 12.2 Å². The van der Waals surface area contributed by atoms with Crippen LogP contribution in [-0.2, 0) is 13.0 Å². The number of hydrogen-bond acceptors (Lipinski definition) is 2. The Balaban J connectivity index is 1.56. The average molecular weight is 393 g/mol. The smallest absolute Gasteiger partial charge is 0.272 e. The van der Waals surface area contributed by atoms with Crippen LogP contribution in [0.1, 0.15) is 27.2 Å². The molecule has 0 aliphatic carbocycles. The maximum absolute atomic E-state index is 13.6. The topological polar surface area (TPSA) is 38.1 Å². The van der Waals surface area contributed by atoms with Crippen molar-refractivity contribution >= 4 is 5.91 Å². The summed E-state index contributed by atoms with van der Waals surface area (Å²) in [6.07, 6.45) is 0.881. The van der Waals surface area contributed by atoms with Crippen LogP contribution in [-0.4, -0.2) is 27.1 Å². The van der Waals surface area contributed by atoms with Gasteiger partial charge in [0, 0.05) is 18.7 Å². The second-order valence-electron chi connectivity index (χ2n) is 7.78. The minimum atomic E-state index is 0.0145. The number of aromatic nitrogens is 2. The van der Waals surface area contributed by atoms with Crippen LogP contribution in [0.2, 0.25) is 0 Å². The summed E-state index contributed by atoms with van der Waals surface area (Å²) in [7, 11) is 0. The molecule has 4 nitrogen and oxygen atoms in total. The summed E-state index contributed by atoms with van der Waals surface area (Å²) in [6.45, 7) is 3.40. The molecule has 4 aromatic rings. The summed E-state index contributed by atoms with van der Waals surface area (Å²) >= 11 is 0. The zero-order valence-corrected chi connectivity index (χ0v) is 17.0. The van der Waals surface area contributed by atoms with Gasteiger partial charge in [-0.2, -0.15) is 5.10 Å². The van der Waals surface area contributed by atoms with E-state index < -0.39 is 0 Å². The molecule has 30 heavy (non-hydrogen) atoms. The zero-order chi connectivity index (χ0) is 20.5. The molecule has 2 heterocycles. The van der Waals surface area contributed by atoms with Gasteiger partial charge >= 0.3 is 0 Å². The number of hydrogen-bond donors (Lipinski definition) is 0. The fourth-order valence-electron chi connectivity index (χ4n) is 4.07. The Labute approximate surface area is 176 Å². The number of fused-ring (bicyclic) bond motifs is 1. The third kappa shape index (κ3) is 3.41. The minimum Gasteiger partial charge on any atom is -0.333 e. The average Bonchev–Trinajstić information content (AvgIpc) is 3.24. The summed E-state index contributed by atoms with van der Waals surface area (Å²) in [5, 5.41) is 4.82. The van der Waals surface area contributed by atoms with Crippen LogP contribution >= 0.6 is 0 Å². The summed E-state index contributed by atoms with van der Waals surface area (Å²) in [5.41, 5.74) is 6.99. The van der Waals surface area contributed by atoms with Crippen molar-refractivity contribution in [3.8, 4) is 16.9 Å². The van der Waals surface area contributed by atoms with Gasteiger partial charge in [-0.25, -0.2) is 4.68 Å². The Bertz CT molecular complexity index is 1210. The van der Waals surface area contributed by atoms with E-state index in [1.807, 2.05) is 72.5 Å². The molecule has 4 heteroatoms. The molecule has 3 aromatic carbocycles. The molecule has 0 N–H and O–H groups in total. The van der Waals surface area contributed by atoms with Gasteiger partial charge in [0.1, 0.15) is 5.69 Å². The standard InChI is InChI=1S/C26H23N3O/c1-19-8-7-13-23(16-19)29-25(17-24(27-29)21-10-3-2-4-11-21)26(30)28-15-14-20-9-5-6-12-22(20)18-28/h2-13,16-17H,14-15,18H2,1H3. The highest BCUT2D eigenvalue weighted by molar-refractivity contribution is 5.94. The molecule has 0 saturated carbocycles. The van der Waals surface area contributed by atoms with Crippen LogP contribution in [0.4, 0.5) is 0 Å². The van der Waals surface area contributed by atoms with Crippen molar-refractivity contribution in [1.29, 1.82) is 0 Å². The molecule has 1 aliphatic heterocycles. The second-order valence-corrected chi connectivity index (χ2v) is 7.78. The lowest BCUT2D eigenvalue weighted by molar-refractivity contribution is 0.0725. The lowest BCUT2D eigenvalue weighted by Crippen LogP contribution is -2.37. The van der Waals surface area contributed by atoms with Crippen LogP contribution in [0.25, 0.3) is 16.9 Å². The molecule has 0 fully saturated rings. The fourth-order valence-corrected chi connectivity index (χ4v) is 4.07. The Kier molecular flexibility index (Phi) is 4.68. The highest BCUT2D eigenvalue weighted by atomic mass is 16.2. The van der Waals surface area contributed by atoms with Gasteiger partial charge in [0.25, 0.3) is 5.91 Å². The molecular weight excluding hydrogens is 370 g/mol. The first-order chi connectivity index (χ1) is 14.7. The van der Waals surface area contributed by atoms with Crippen molar-refractivity contribution in [1.82, 2.24) is 14.7 Å². The molecule has 0 bridgehead atoms. The molecule has 1 aromatic heterocycles. The summed E-state index contributed by atoms with van der Waals surface area (Å²) < 4.78 is 1.79. The molecule has 0 unspecified atom stereocenters. The van der Waals surface area contributed by atoms with Gasteiger partial charge < -0.3 is 4.90 Å². The number of amides is 1. The molecule has 148 valence electrons. The quantitative estimate of drug-likeness (QED) is 0.489. The van der Waals surface area contributed by atoms with E-state index in [0.717, 1.165) is 35.5 Å². The fraction of sp³-hybridized carbons (Fsp3) is 0.154. The van der Waals surface area contributed by atoms with E-state index in [9.17, 15) is 4.79 Å². The van der Waals surface area contributed by atoms with Crippen LogP contribution in [0.5, 0.6) is 0 Å².